The largest absolute Gasteiger partial charge is 0.326 e. The van der Waals surface area contributed by atoms with E-state index in [1.54, 1.807) is 22.5 Å². The number of benzene rings is 1. The molecule has 27 heavy (non-hydrogen) atoms. The molecule has 2 fully saturated rings. The molecule has 6 heteroatoms. The van der Waals surface area contributed by atoms with Crippen LogP contribution in [0.4, 0.5) is 5.69 Å². The van der Waals surface area contributed by atoms with E-state index in [0.717, 1.165) is 44.1 Å². The molecule has 0 radical (unpaired) electrons. The van der Waals surface area contributed by atoms with E-state index in [1.165, 1.54) is 0 Å². The van der Waals surface area contributed by atoms with E-state index < -0.39 is 10.0 Å². The van der Waals surface area contributed by atoms with Crippen LogP contribution in [-0.4, -0.2) is 31.7 Å². The topological polar surface area (TPSA) is 66.5 Å². The lowest BCUT2D eigenvalue weighted by molar-refractivity contribution is -0.120. The van der Waals surface area contributed by atoms with Crippen molar-refractivity contribution in [1.82, 2.24) is 4.31 Å². The fourth-order valence-electron chi connectivity index (χ4n) is 4.69. The normalized spacial score (nSPS) is 28.3. The molecule has 0 aromatic heterocycles. The van der Waals surface area contributed by atoms with Crippen LogP contribution in [0.25, 0.3) is 0 Å². The first-order valence-electron chi connectivity index (χ1n) is 10.0. The predicted molar refractivity (Wildman–Crippen MR) is 106 cm³/mol. The highest BCUT2D eigenvalue weighted by Gasteiger charge is 2.39. The molecule has 1 aromatic carbocycles. The summed E-state index contributed by atoms with van der Waals surface area (Å²) in [6.07, 6.45) is 10.3. The van der Waals surface area contributed by atoms with E-state index in [2.05, 4.69) is 17.5 Å². The van der Waals surface area contributed by atoms with Crippen LogP contribution in [0.15, 0.2) is 35.2 Å². The molecule has 1 amide bonds. The van der Waals surface area contributed by atoms with Gasteiger partial charge in [-0.25, -0.2) is 8.42 Å². The van der Waals surface area contributed by atoms with Gasteiger partial charge in [-0.3, -0.25) is 4.79 Å². The van der Waals surface area contributed by atoms with E-state index in [-0.39, 0.29) is 11.8 Å². The van der Waals surface area contributed by atoms with Gasteiger partial charge in [-0.1, -0.05) is 31.1 Å². The second kappa shape index (κ2) is 7.40. The first-order valence-corrected chi connectivity index (χ1v) is 11.5. The van der Waals surface area contributed by atoms with Crippen LogP contribution in [0.5, 0.6) is 0 Å². The van der Waals surface area contributed by atoms with Gasteiger partial charge in [0.25, 0.3) is 0 Å². The molecule has 4 rings (SSSR count). The van der Waals surface area contributed by atoms with Gasteiger partial charge < -0.3 is 5.32 Å². The standard InChI is InChI=1S/C21H28N2O3S/c1-15-6-9-18(22-21(24)19-13-16-7-8-17(19)12-16)14-20(15)27(25,26)23-10-4-2-3-5-11-23/h6-9,14,16-17,19H,2-5,10-13H2,1H3,(H,22,24)/t16-,17+,19+/m1/s1. The number of sulfonamides is 1. The van der Waals surface area contributed by atoms with Crippen molar-refractivity contribution < 1.29 is 13.2 Å². The minimum atomic E-state index is -3.53. The number of nitrogens with one attached hydrogen (secondary N) is 1. The lowest BCUT2D eigenvalue weighted by Crippen LogP contribution is -2.32. The molecule has 0 unspecified atom stereocenters. The Labute approximate surface area is 161 Å². The van der Waals surface area contributed by atoms with Crippen molar-refractivity contribution in [2.75, 3.05) is 18.4 Å². The van der Waals surface area contributed by atoms with E-state index in [4.69, 9.17) is 0 Å². The van der Waals surface area contributed by atoms with Crippen molar-refractivity contribution in [2.24, 2.45) is 17.8 Å². The number of nitrogens with zero attached hydrogens (tertiary/aromatic N) is 1. The molecule has 1 aliphatic heterocycles. The van der Waals surface area contributed by atoms with Crippen molar-refractivity contribution in [3.63, 3.8) is 0 Å². The molecule has 1 saturated carbocycles. The second-order valence-electron chi connectivity index (χ2n) is 8.17. The molecule has 1 saturated heterocycles. The lowest BCUT2D eigenvalue weighted by Gasteiger charge is -2.22. The van der Waals surface area contributed by atoms with Crippen molar-refractivity contribution in [3.05, 3.63) is 35.9 Å². The average Bonchev–Trinajstić information content (AvgIpc) is 3.17. The molecular formula is C21H28N2O3S. The highest BCUT2D eigenvalue weighted by molar-refractivity contribution is 7.89. The predicted octanol–water partition coefficient (Wildman–Crippen LogP) is 3.71. The summed E-state index contributed by atoms with van der Waals surface area (Å²) in [4.78, 5) is 13.0. The van der Waals surface area contributed by atoms with Gasteiger partial charge in [-0.05, 0) is 62.1 Å². The smallest absolute Gasteiger partial charge is 0.243 e. The summed E-state index contributed by atoms with van der Waals surface area (Å²) in [6, 6.07) is 5.23. The number of carbonyl (C=O) groups excluding carboxylic acids is 1. The second-order valence-corrected chi connectivity index (χ2v) is 10.1. The summed E-state index contributed by atoms with van der Waals surface area (Å²) in [5, 5.41) is 2.97. The van der Waals surface area contributed by atoms with Crippen molar-refractivity contribution >= 4 is 21.6 Å². The molecule has 5 nitrogen and oxygen atoms in total. The maximum atomic E-state index is 13.2. The third kappa shape index (κ3) is 3.69. The molecule has 0 spiro atoms. The number of fused-ring (bicyclic) bond motifs is 2. The molecule has 3 atom stereocenters. The summed E-state index contributed by atoms with van der Waals surface area (Å²) < 4.78 is 27.9. The van der Waals surface area contributed by atoms with Crippen LogP contribution in [0, 0.1) is 24.7 Å². The van der Waals surface area contributed by atoms with Crippen LogP contribution in [0.2, 0.25) is 0 Å². The molecule has 1 N–H and O–H groups in total. The van der Waals surface area contributed by atoms with Gasteiger partial charge in [0.15, 0.2) is 0 Å². The third-order valence-electron chi connectivity index (χ3n) is 6.25. The van der Waals surface area contributed by atoms with Crippen LogP contribution in [0.1, 0.15) is 44.1 Å². The fraction of sp³-hybridized carbons (Fsp3) is 0.571. The van der Waals surface area contributed by atoms with Crippen LogP contribution < -0.4 is 5.32 Å². The van der Waals surface area contributed by atoms with Crippen LogP contribution in [-0.2, 0) is 14.8 Å². The van der Waals surface area contributed by atoms with Crippen molar-refractivity contribution in [2.45, 2.75) is 50.3 Å². The quantitative estimate of drug-likeness (QED) is 0.800. The maximum absolute atomic E-state index is 13.2. The summed E-state index contributed by atoms with van der Waals surface area (Å²) in [7, 11) is -3.53. The van der Waals surface area contributed by atoms with Gasteiger partial charge in [0.2, 0.25) is 15.9 Å². The Bertz CT molecular complexity index is 854. The summed E-state index contributed by atoms with van der Waals surface area (Å²) in [5.41, 5.74) is 1.30. The fourth-order valence-corrected chi connectivity index (χ4v) is 6.46. The van der Waals surface area contributed by atoms with E-state index in [0.29, 0.717) is 35.5 Å². The van der Waals surface area contributed by atoms with E-state index in [1.807, 2.05) is 6.92 Å². The highest BCUT2D eigenvalue weighted by Crippen LogP contribution is 2.43. The van der Waals surface area contributed by atoms with Gasteiger partial charge in [-0.15, -0.1) is 0 Å². The zero-order chi connectivity index (χ0) is 19.0. The van der Waals surface area contributed by atoms with Gasteiger partial charge >= 0.3 is 0 Å². The van der Waals surface area contributed by atoms with E-state index >= 15 is 0 Å². The molecule has 2 aliphatic carbocycles. The zero-order valence-electron chi connectivity index (χ0n) is 15.9. The first-order chi connectivity index (χ1) is 12.9. The first kappa shape index (κ1) is 18.7. The number of aryl methyl sites for hydroxylation is 1. The SMILES string of the molecule is Cc1ccc(NC(=O)[C@H]2C[C@@H]3C=C[C@H]2C3)cc1S(=O)(=O)N1CCCCCC1. The number of rotatable bonds is 4. The summed E-state index contributed by atoms with van der Waals surface area (Å²) in [6.45, 7) is 2.97. The Morgan fingerprint density at radius 2 is 1.81 bits per heavy atom. The van der Waals surface area contributed by atoms with Crippen LogP contribution >= 0.6 is 0 Å². The summed E-state index contributed by atoms with van der Waals surface area (Å²) in [5.74, 6) is 0.879. The third-order valence-corrected chi connectivity index (χ3v) is 8.29. The molecule has 1 heterocycles. The Morgan fingerprint density at radius 1 is 1.07 bits per heavy atom. The van der Waals surface area contributed by atoms with Crippen molar-refractivity contribution in [3.8, 4) is 0 Å². The van der Waals surface area contributed by atoms with Gasteiger partial charge in [0.1, 0.15) is 0 Å². The zero-order valence-corrected chi connectivity index (χ0v) is 16.7. The number of amides is 1. The molecule has 146 valence electrons. The van der Waals surface area contributed by atoms with Gasteiger partial charge in [0, 0.05) is 24.7 Å². The minimum Gasteiger partial charge on any atom is -0.326 e. The number of hydrogen-bond donors (Lipinski definition) is 1. The maximum Gasteiger partial charge on any atom is 0.243 e. The monoisotopic (exact) mass is 388 g/mol. The highest BCUT2D eigenvalue weighted by atomic mass is 32.2. The molecule has 2 bridgehead atoms. The average molecular weight is 389 g/mol. The molecule has 1 aromatic rings. The Morgan fingerprint density at radius 3 is 2.44 bits per heavy atom. The molecule has 3 aliphatic rings. The number of allylic oxidation sites excluding steroid dienone is 2. The lowest BCUT2D eigenvalue weighted by atomic mass is 9.93. The van der Waals surface area contributed by atoms with Crippen LogP contribution in [0.3, 0.4) is 0 Å². The van der Waals surface area contributed by atoms with E-state index in [9.17, 15) is 13.2 Å². The Kier molecular flexibility index (Phi) is 5.12. The Hall–Kier alpha value is -1.66. The number of carbonyl (C=O) groups is 1. The number of hydrogen-bond acceptors (Lipinski definition) is 3. The van der Waals surface area contributed by atoms with Gasteiger partial charge in [-0.2, -0.15) is 4.31 Å². The number of anilines is 1. The van der Waals surface area contributed by atoms with Crippen molar-refractivity contribution in [1.29, 1.82) is 0 Å². The minimum absolute atomic E-state index is 0.00645. The molecular weight excluding hydrogens is 360 g/mol. The van der Waals surface area contributed by atoms with Gasteiger partial charge in [0.05, 0.1) is 4.90 Å². The Balaban J connectivity index is 1.54. The summed E-state index contributed by atoms with van der Waals surface area (Å²) >= 11 is 0.